The monoisotopic (exact) mass is 168 g/mol. The summed E-state index contributed by atoms with van der Waals surface area (Å²) in [6.45, 7) is 2.01. The van der Waals surface area contributed by atoms with E-state index in [9.17, 15) is 0 Å². The van der Waals surface area contributed by atoms with Gasteiger partial charge in [-0.05, 0) is 25.1 Å². The molecule has 0 radical (unpaired) electrons. The maximum atomic E-state index is 8.85. The molecule has 1 aromatic heterocycles. The van der Waals surface area contributed by atoms with Gasteiger partial charge in [0.15, 0.2) is 0 Å². The molecule has 0 atom stereocenters. The highest BCUT2D eigenvalue weighted by Gasteiger charge is 1.99. The van der Waals surface area contributed by atoms with Gasteiger partial charge >= 0.3 is 0 Å². The molecule has 2 heteroatoms. The summed E-state index contributed by atoms with van der Waals surface area (Å²) in [5, 5.41) is 9.78. The summed E-state index contributed by atoms with van der Waals surface area (Å²) in [6.07, 6.45) is 1.66. The lowest BCUT2D eigenvalue weighted by Crippen LogP contribution is -1.83. The van der Waals surface area contributed by atoms with Crippen molar-refractivity contribution in [2.24, 2.45) is 0 Å². The highest BCUT2D eigenvalue weighted by Crippen LogP contribution is 2.16. The molecule has 62 valence electrons. The van der Waals surface area contributed by atoms with Gasteiger partial charge in [0.25, 0.3) is 0 Å². The number of aryl methyl sites for hydroxylation is 1. The van der Waals surface area contributed by atoms with Crippen LogP contribution in [0.3, 0.4) is 0 Å². The summed E-state index contributed by atoms with van der Waals surface area (Å²) in [5.74, 6) is 0. The number of hydrogen-bond donors (Lipinski definition) is 0. The molecule has 0 spiro atoms. The van der Waals surface area contributed by atoms with Crippen LogP contribution in [0.4, 0.5) is 0 Å². The molecule has 0 N–H and O–H groups in total. The lowest BCUT2D eigenvalue weighted by atomic mass is 10.1. The number of nitrogens with zero attached hydrogens (tertiary/aromatic N) is 2. The Morgan fingerprint density at radius 3 is 2.92 bits per heavy atom. The van der Waals surface area contributed by atoms with E-state index in [0.717, 1.165) is 16.5 Å². The van der Waals surface area contributed by atoms with Crippen LogP contribution in [0.5, 0.6) is 0 Å². The van der Waals surface area contributed by atoms with Gasteiger partial charge in [-0.15, -0.1) is 0 Å². The first-order valence-electron chi connectivity index (χ1n) is 4.07. The van der Waals surface area contributed by atoms with E-state index in [1.807, 2.05) is 25.1 Å². The van der Waals surface area contributed by atoms with E-state index in [0.29, 0.717) is 5.56 Å². The largest absolute Gasteiger partial charge is 0.256 e. The second kappa shape index (κ2) is 2.87. The molecule has 2 nitrogen and oxygen atoms in total. The van der Waals surface area contributed by atoms with Gasteiger partial charge in [-0.2, -0.15) is 5.26 Å². The lowest BCUT2D eigenvalue weighted by molar-refractivity contribution is 1.37. The van der Waals surface area contributed by atoms with Crippen molar-refractivity contribution in [1.82, 2.24) is 4.98 Å². The Bertz CT molecular complexity index is 495. The zero-order valence-electron chi connectivity index (χ0n) is 7.28. The number of benzene rings is 1. The Balaban J connectivity index is 2.89. The quantitative estimate of drug-likeness (QED) is 0.605. The Morgan fingerprint density at radius 1 is 1.31 bits per heavy atom. The van der Waals surface area contributed by atoms with E-state index in [-0.39, 0.29) is 0 Å². The molecule has 0 fully saturated rings. The SMILES string of the molecule is Cc1ccc2nccc(C#N)c2c1. The summed E-state index contributed by atoms with van der Waals surface area (Å²) in [6, 6.07) is 9.81. The highest BCUT2D eigenvalue weighted by atomic mass is 14.6. The predicted molar refractivity (Wildman–Crippen MR) is 51.2 cm³/mol. The van der Waals surface area contributed by atoms with Crippen LogP contribution in [0.15, 0.2) is 30.5 Å². The van der Waals surface area contributed by atoms with Gasteiger partial charge < -0.3 is 0 Å². The van der Waals surface area contributed by atoms with Crippen LogP contribution in [0.1, 0.15) is 11.1 Å². The van der Waals surface area contributed by atoms with Crippen molar-refractivity contribution in [2.45, 2.75) is 6.92 Å². The number of hydrogen-bond acceptors (Lipinski definition) is 2. The van der Waals surface area contributed by atoms with Crippen LogP contribution in [0.2, 0.25) is 0 Å². The molecule has 0 unspecified atom stereocenters. The van der Waals surface area contributed by atoms with Gasteiger partial charge in [0, 0.05) is 11.6 Å². The van der Waals surface area contributed by atoms with Gasteiger partial charge in [0.2, 0.25) is 0 Å². The number of fused-ring (bicyclic) bond motifs is 1. The second-order valence-corrected chi connectivity index (χ2v) is 2.99. The maximum Gasteiger partial charge on any atom is 0.0999 e. The van der Waals surface area contributed by atoms with Crippen molar-refractivity contribution in [2.75, 3.05) is 0 Å². The van der Waals surface area contributed by atoms with E-state index in [1.54, 1.807) is 12.3 Å². The van der Waals surface area contributed by atoms with Crippen molar-refractivity contribution < 1.29 is 0 Å². The van der Waals surface area contributed by atoms with Gasteiger partial charge in [-0.3, -0.25) is 4.98 Å². The minimum atomic E-state index is 0.689. The van der Waals surface area contributed by atoms with Crippen molar-refractivity contribution in [3.05, 3.63) is 41.6 Å². The molecule has 0 amide bonds. The van der Waals surface area contributed by atoms with E-state index in [1.165, 1.54) is 0 Å². The average Bonchev–Trinajstić information content (AvgIpc) is 2.17. The molecular weight excluding hydrogens is 160 g/mol. The summed E-state index contributed by atoms with van der Waals surface area (Å²) in [7, 11) is 0. The average molecular weight is 168 g/mol. The Morgan fingerprint density at radius 2 is 2.15 bits per heavy atom. The summed E-state index contributed by atoms with van der Waals surface area (Å²) >= 11 is 0. The normalized spacial score (nSPS) is 9.85. The summed E-state index contributed by atoms with van der Waals surface area (Å²) in [4.78, 5) is 4.18. The second-order valence-electron chi connectivity index (χ2n) is 2.99. The van der Waals surface area contributed by atoms with Gasteiger partial charge in [0.05, 0.1) is 17.1 Å². The molecule has 0 aliphatic heterocycles. The molecule has 0 saturated heterocycles. The fraction of sp³-hybridized carbons (Fsp3) is 0.0909. The fourth-order valence-electron chi connectivity index (χ4n) is 1.36. The van der Waals surface area contributed by atoms with Crippen molar-refractivity contribution in [3.8, 4) is 6.07 Å². The topological polar surface area (TPSA) is 36.7 Å². The lowest BCUT2D eigenvalue weighted by Gasteiger charge is -1.99. The number of rotatable bonds is 0. The zero-order chi connectivity index (χ0) is 9.26. The van der Waals surface area contributed by atoms with E-state index >= 15 is 0 Å². The third-order valence-corrected chi connectivity index (χ3v) is 2.02. The summed E-state index contributed by atoms with van der Waals surface area (Å²) < 4.78 is 0. The van der Waals surface area contributed by atoms with E-state index in [4.69, 9.17) is 5.26 Å². The molecule has 1 heterocycles. The van der Waals surface area contributed by atoms with Crippen molar-refractivity contribution in [3.63, 3.8) is 0 Å². The molecule has 0 aliphatic rings. The van der Waals surface area contributed by atoms with Gasteiger partial charge in [-0.1, -0.05) is 11.6 Å². The third-order valence-electron chi connectivity index (χ3n) is 2.02. The molecule has 13 heavy (non-hydrogen) atoms. The van der Waals surface area contributed by atoms with Crippen LogP contribution in [-0.2, 0) is 0 Å². The first-order chi connectivity index (χ1) is 6.31. The molecule has 2 aromatic rings. The van der Waals surface area contributed by atoms with E-state index < -0.39 is 0 Å². The smallest absolute Gasteiger partial charge is 0.0999 e. The first-order valence-corrected chi connectivity index (χ1v) is 4.07. The Labute approximate surface area is 76.5 Å². The zero-order valence-corrected chi connectivity index (χ0v) is 7.28. The van der Waals surface area contributed by atoms with Crippen LogP contribution < -0.4 is 0 Å². The van der Waals surface area contributed by atoms with Crippen LogP contribution in [0.25, 0.3) is 10.9 Å². The van der Waals surface area contributed by atoms with Gasteiger partial charge in [-0.25, -0.2) is 0 Å². The molecular formula is C11H8N2. The summed E-state index contributed by atoms with van der Waals surface area (Å²) in [5.41, 5.74) is 2.72. The number of aromatic nitrogens is 1. The molecule has 1 aromatic carbocycles. The maximum absolute atomic E-state index is 8.85. The predicted octanol–water partition coefficient (Wildman–Crippen LogP) is 2.41. The first kappa shape index (κ1) is 7.75. The Kier molecular flexibility index (Phi) is 1.71. The minimum Gasteiger partial charge on any atom is -0.256 e. The van der Waals surface area contributed by atoms with Crippen molar-refractivity contribution in [1.29, 1.82) is 5.26 Å². The Hall–Kier alpha value is -1.88. The molecule has 0 bridgehead atoms. The highest BCUT2D eigenvalue weighted by molar-refractivity contribution is 5.84. The standard InChI is InChI=1S/C11H8N2/c1-8-2-3-11-10(6-8)9(7-12)4-5-13-11/h2-6H,1H3. The van der Waals surface area contributed by atoms with E-state index in [2.05, 4.69) is 11.1 Å². The van der Waals surface area contributed by atoms with Crippen LogP contribution in [-0.4, -0.2) is 4.98 Å². The fourth-order valence-corrected chi connectivity index (χ4v) is 1.36. The number of nitriles is 1. The van der Waals surface area contributed by atoms with Crippen molar-refractivity contribution >= 4 is 10.9 Å². The van der Waals surface area contributed by atoms with Crippen LogP contribution >= 0.6 is 0 Å². The van der Waals surface area contributed by atoms with Crippen LogP contribution in [0, 0.1) is 18.3 Å². The molecule has 2 rings (SSSR count). The third kappa shape index (κ3) is 1.25. The minimum absolute atomic E-state index is 0.689. The number of pyridine rings is 1. The van der Waals surface area contributed by atoms with Gasteiger partial charge in [0.1, 0.15) is 0 Å². The molecule has 0 saturated carbocycles. The molecule has 0 aliphatic carbocycles.